The van der Waals surface area contributed by atoms with Gasteiger partial charge in [0.05, 0.1) is 20.8 Å². The molecule has 0 aromatic carbocycles. The van der Waals surface area contributed by atoms with Crippen LogP contribution in [0.15, 0.2) is 15.9 Å². The van der Waals surface area contributed by atoms with Crippen LogP contribution in [0.1, 0.15) is 6.23 Å². The maximum absolute atomic E-state index is 11.6. The van der Waals surface area contributed by atoms with Gasteiger partial charge in [-0.25, -0.2) is 9.78 Å². The number of nitrogens with one attached hydrogen (secondary N) is 2. The molecule has 16 heteroatoms. The van der Waals surface area contributed by atoms with Gasteiger partial charge in [0.2, 0.25) is 0 Å². The molecule has 0 saturated carbocycles. The van der Waals surface area contributed by atoms with Gasteiger partial charge in [0.25, 0.3) is 5.56 Å². The molecule has 3 heterocycles. The predicted molar refractivity (Wildman–Crippen MR) is 82.4 cm³/mol. The highest BCUT2D eigenvalue weighted by molar-refractivity contribution is 7.43. The van der Waals surface area contributed by atoms with Crippen molar-refractivity contribution in [3.8, 4) is 0 Å². The molecule has 1 aliphatic rings. The van der Waals surface area contributed by atoms with Crippen molar-refractivity contribution in [2.24, 2.45) is 0 Å². The number of phosphoric ester groups is 1. The number of phosphoric acid groups is 1. The number of fused-ring (bicyclic) bond motifs is 1. The third-order valence-corrected chi connectivity index (χ3v) is 3.94. The average molecular weight is 398 g/mol. The van der Waals surface area contributed by atoms with Crippen molar-refractivity contribution in [3.05, 3.63) is 27.2 Å². The highest BCUT2D eigenvalue weighted by atomic mass is 31.2. The van der Waals surface area contributed by atoms with Crippen LogP contribution in [0.3, 0.4) is 0 Å². The molecular weight excluding hydrogens is 379 g/mol. The van der Waals surface area contributed by atoms with Gasteiger partial charge in [-0.15, -0.1) is 0 Å². The second kappa shape index (κ2) is 7.75. The minimum absolute atomic E-state index is 0. The molecule has 0 bridgehead atoms. The third kappa shape index (κ3) is 4.07. The molecule has 1 aliphatic heterocycles. The molecule has 0 unspecified atom stereocenters. The zero-order chi connectivity index (χ0) is 17.6. The number of imidazole rings is 1. The largest absolute Gasteiger partial charge is 0.790 e. The van der Waals surface area contributed by atoms with Crippen LogP contribution in [0.25, 0.3) is 11.2 Å². The number of aliphatic hydroxyl groups is 2. The van der Waals surface area contributed by atoms with E-state index in [0.717, 1.165) is 10.9 Å². The van der Waals surface area contributed by atoms with Gasteiger partial charge in [0.15, 0.2) is 11.7 Å². The van der Waals surface area contributed by atoms with Gasteiger partial charge in [0.1, 0.15) is 24.0 Å². The Morgan fingerprint density at radius 1 is 1.27 bits per heavy atom. The molecule has 2 aromatic heterocycles. The fraction of sp³-hybridized carbons (Fsp3) is 0.500. The summed E-state index contributed by atoms with van der Waals surface area (Å²) in [7, 11) is -5.28. The van der Waals surface area contributed by atoms with Crippen molar-refractivity contribution in [3.63, 3.8) is 0 Å². The Morgan fingerprint density at radius 3 is 2.54 bits per heavy atom. The molecule has 15 nitrogen and oxygen atoms in total. The van der Waals surface area contributed by atoms with Gasteiger partial charge < -0.3 is 46.1 Å². The van der Waals surface area contributed by atoms with E-state index in [0.29, 0.717) is 0 Å². The van der Waals surface area contributed by atoms with Gasteiger partial charge in [-0.3, -0.25) is 19.3 Å². The Bertz CT molecular complexity index is 918. The van der Waals surface area contributed by atoms with Crippen molar-refractivity contribution >= 4 is 19.0 Å². The minimum atomic E-state index is -5.28. The summed E-state index contributed by atoms with van der Waals surface area (Å²) in [6.07, 6.45) is -4.67. The van der Waals surface area contributed by atoms with Crippen LogP contribution >= 0.6 is 7.82 Å². The van der Waals surface area contributed by atoms with E-state index < -0.39 is 50.2 Å². The topological polar surface area (TPSA) is 279 Å². The number of rotatable bonds is 4. The maximum atomic E-state index is 11.6. The second-order valence-electron chi connectivity index (χ2n) is 5.05. The van der Waals surface area contributed by atoms with E-state index >= 15 is 0 Å². The van der Waals surface area contributed by atoms with Gasteiger partial charge in [-0.2, -0.15) is 0 Å². The molecule has 26 heavy (non-hydrogen) atoms. The van der Waals surface area contributed by atoms with Crippen molar-refractivity contribution in [2.75, 3.05) is 6.61 Å². The number of aromatic amines is 2. The van der Waals surface area contributed by atoms with Gasteiger partial charge >= 0.3 is 5.69 Å². The lowest BCUT2D eigenvalue weighted by Crippen LogP contribution is -2.34. The molecule has 0 aliphatic carbocycles. The Balaban J connectivity index is 0.00000169. The van der Waals surface area contributed by atoms with E-state index in [1.54, 1.807) is 0 Å². The number of hydrogen-bond acceptors (Lipinski definition) is 10. The van der Waals surface area contributed by atoms with Crippen molar-refractivity contribution in [1.29, 1.82) is 0 Å². The van der Waals surface area contributed by atoms with Gasteiger partial charge in [0, 0.05) is 0 Å². The molecular formula is C10H19N6O9P. The lowest BCUT2D eigenvalue weighted by Gasteiger charge is -2.30. The molecule has 0 radical (unpaired) electrons. The molecule has 0 amide bonds. The van der Waals surface area contributed by atoms with E-state index in [2.05, 4.69) is 14.5 Å². The summed E-state index contributed by atoms with van der Waals surface area (Å²) in [4.78, 5) is 52.0. The Kier molecular flexibility index (Phi) is 6.59. The summed E-state index contributed by atoms with van der Waals surface area (Å²) in [5.74, 6) is 0. The molecule has 0 spiro atoms. The quantitative estimate of drug-likeness (QED) is 0.278. The first-order valence-corrected chi connectivity index (χ1v) is 8.01. The number of hydrogen-bond donors (Lipinski definition) is 6. The smallest absolute Gasteiger partial charge is 0.327 e. The van der Waals surface area contributed by atoms with E-state index in [4.69, 9.17) is 4.74 Å². The number of aliphatic hydroxyl groups excluding tert-OH is 2. The van der Waals surface area contributed by atoms with E-state index in [1.807, 2.05) is 4.98 Å². The first kappa shape index (κ1) is 22.1. The van der Waals surface area contributed by atoms with Crippen LogP contribution in [0.2, 0.25) is 0 Å². The van der Waals surface area contributed by atoms with Crippen LogP contribution in [-0.4, -0.2) is 54.7 Å². The first-order valence-electron chi connectivity index (χ1n) is 6.55. The Morgan fingerprint density at radius 2 is 1.92 bits per heavy atom. The number of quaternary nitrogens is 2. The Hall–Kier alpha value is -1.94. The fourth-order valence-corrected chi connectivity index (χ4v) is 2.74. The molecule has 1 saturated heterocycles. The molecule has 4 atom stereocenters. The summed E-state index contributed by atoms with van der Waals surface area (Å²) < 4.78 is 20.9. The normalized spacial score (nSPS) is 25.7. The summed E-state index contributed by atoms with van der Waals surface area (Å²) in [5, 5.41) is 19.9. The summed E-state index contributed by atoms with van der Waals surface area (Å²) >= 11 is 0. The average Bonchev–Trinajstić information content (AvgIpc) is 3.00. The van der Waals surface area contributed by atoms with Crippen LogP contribution in [0.4, 0.5) is 0 Å². The van der Waals surface area contributed by atoms with Crippen LogP contribution in [-0.2, 0) is 13.8 Å². The highest BCUT2D eigenvalue weighted by Crippen LogP contribution is 2.33. The summed E-state index contributed by atoms with van der Waals surface area (Å²) in [6.45, 7) is -0.803. The van der Waals surface area contributed by atoms with Crippen molar-refractivity contribution < 1.29 is 33.8 Å². The molecule has 2 aromatic rings. The third-order valence-electron chi connectivity index (χ3n) is 3.48. The number of H-pyrrole nitrogens is 2. The lowest BCUT2D eigenvalue weighted by atomic mass is 10.1. The van der Waals surface area contributed by atoms with E-state index in [-0.39, 0.29) is 23.5 Å². The maximum Gasteiger partial charge on any atom is 0.327 e. The van der Waals surface area contributed by atoms with Gasteiger partial charge in [-0.1, -0.05) is 0 Å². The zero-order valence-corrected chi connectivity index (χ0v) is 14.6. The SMILES string of the molecule is O=c1[nH]c(=O)c2ncn([C@@H]3O[C@H](COP(=O)([O-])[O-])[C@@H](O)[C@H]3O)c2[nH]1.[NH4+].[NH4+]. The van der Waals surface area contributed by atoms with Crippen molar-refractivity contribution in [2.45, 2.75) is 24.5 Å². The van der Waals surface area contributed by atoms with E-state index in [1.165, 1.54) is 0 Å². The fourth-order valence-electron chi connectivity index (χ4n) is 2.41. The number of aromatic nitrogens is 4. The molecule has 3 rings (SSSR count). The highest BCUT2D eigenvalue weighted by Gasteiger charge is 2.44. The summed E-state index contributed by atoms with van der Waals surface area (Å²) in [6, 6.07) is 0. The standard InChI is InChI=1S/C10H13N4O9P.2H3N/c15-5-3(1-22-24(19,20)21)23-9(6(5)16)14-2-11-4-7(14)12-10(18)13-8(4)17;;/h2-3,5-6,9,15-16H,1H2,(H2,19,20,21)(H2,12,13,17,18);2*1H3/t3-,5-,6-,9-;;/m1../s1. The lowest BCUT2D eigenvalue weighted by molar-refractivity contribution is -0.343. The second-order valence-corrected chi connectivity index (χ2v) is 6.20. The molecule has 148 valence electrons. The predicted octanol–water partition coefficient (Wildman–Crippen LogP) is -3.37. The summed E-state index contributed by atoms with van der Waals surface area (Å²) in [5.41, 5.74) is -1.79. The van der Waals surface area contributed by atoms with Crippen LogP contribution in [0, 0.1) is 0 Å². The van der Waals surface area contributed by atoms with Crippen molar-refractivity contribution in [1.82, 2.24) is 31.8 Å². The molecule has 12 N–H and O–H groups in total. The van der Waals surface area contributed by atoms with E-state index in [9.17, 15) is 34.2 Å². The monoisotopic (exact) mass is 398 g/mol. The van der Waals surface area contributed by atoms with Crippen LogP contribution in [0.5, 0.6) is 0 Å². The number of nitrogens with zero attached hydrogens (tertiary/aromatic N) is 2. The molecule has 1 fully saturated rings. The first-order chi connectivity index (χ1) is 11.2. The van der Waals surface area contributed by atoms with Crippen LogP contribution < -0.4 is 33.3 Å². The Labute approximate surface area is 144 Å². The zero-order valence-electron chi connectivity index (χ0n) is 13.7. The minimum Gasteiger partial charge on any atom is -0.790 e. The number of ether oxygens (including phenoxy) is 1. The van der Waals surface area contributed by atoms with Gasteiger partial charge in [-0.05, 0) is 0 Å².